The molecular weight excluding hydrogens is 238 g/mol. The first kappa shape index (κ1) is 12.2. The lowest BCUT2D eigenvalue weighted by molar-refractivity contribution is 0.126. The summed E-state index contributed by atoms with van der Waals surface area (Å²) in [6.07, 6.45) is 5.41. The summed E-state index contributed by atoms with van der Waals surface area (Å²) >= 11 is 0. The smallest absolute Gasteiger partial charge is 0.0953 e. The largest absolute Gasteiger partial charge is 0.398 e. The van der Waals surface area contributed by atoms with E-state index >= 15 is 0 Å². The Morgan fingerprint density at radius 2 is 1.95 bits per heavy atom. The third kappa shape index (κ3) is 2.49. The topological polar surface area (TPSA) is 71.2 Å². The number of benzene rings is 1. The second kappa shape index (κ2) is 5.05. The van der Waals surface area contributed by atoms with Crippen molar-refractivity contribution in [1.82, 2.24) is 4.98 Å². The number of fused-ring (bicyclic) bond motifs is 1. The number of hydrogen-bond donors (Lipinski definition) is 3. The average Bonchev–Trinajstić information content (AvgIpc) is 2.45. The summed E-state index contributed by atoms with van der Waals surface area (Å²) in [5.41, 5.74) is 8.69. The van der Waals surface area contributed by atoms with Gasteiger partial charge in [-0.2, -0.15) is 0 Å². The zero-order valence-electron chi connectivity index (χ0n) is 10.8. The van der Waals surface area contributed by atoms with Gasteiger partial charge in [0.1, 0.15) is 0 Å². The standard InChI is InChI=1S/C15H19N3O/c16-13-7-8-14(15-12(13)2-1-9-17-15)18-10-3-5-11(19)6-4-10/h1-2,7-11,18-19H,3-6,16H2. The molecule has 0 amide bonds. The van der Waals surface area contributed by atoms with Gasteiger partial charge in [-0.1, -0.05) is 0 Å². The van der Waals surface area contributed by atoms with Crippen LogP contribution < -0.4 is 11.1 Å². The van der Waals surface area contributed by atoms with Gasteiger partial charge in [-0.25, -0.2) is 0 Å². The van der Waals surface area contributed by atoms with E-state index in [4.69, 9.17) is 5.73 Å². The molecule has 3 rings (SSSR count). The molecule has 4 nitrogen and oxygen atoms in total. The molecule has 0 bridgehead atoms. The van der Waals surface area contributed by atoms with Crippen LogP contribution in [0.15, 0.2) is 30.5 Å². The average molecular weight is 257 g/mol. The predicted octanol–water partition coefficient (Wildman–Crippen LogP) is 2.53. The second-order valence-corrected chi connectivity index (χ2v) is 5.25. The molecule has 0 atom stereocenters. The first-order valence-electron chi connectivity index (χ1n) is 6.82. The van der Waals surface area contributed by atoms with Crippen molar-refractivity contribution < 1.29 is 5.11 Å². The van der Waals surface area contributed by atoms with Gasteiger partial charge < -0.3 is 16.2 Å². The molecule has 0 radical (unpaired) electrons. The quantitative estimate of drug-likeness (QED) is 0.723. The van der Waals surface area contributed by atoms with E-state index in [-0.39, 0.29) is 6.10 Å². The van der Waals surface area contributed by atoms with E-state index in [2.05, 4.69) is 10.3 Å². The Morgan fingerprint density at radius 1 is 1.16 bits per heavy atom. The number of aliphatic hydroxyl groups is 1. The Labute approximate surface area is 112 Å². The van der Waals surface area contributed by atoms with Crippen molar-refractivity contribution in [1.29, 1.82) is 0 Å². The molecule has 1 aromatic carbocycles. The molecule has 0 saturated heterocycles. The number of anilines is 2. The molecule has 100 valence electrons. The van der Waals surface area contributed by atoms with E-state index in [9.17, 15) is 5.11 Å². The van der Waals surface area contributed by atoms with E-state index in [1.165, 1.54) is 0 Å². The van der Waals surface area contributed by atoms with Crippen LogP contribution in [0.1, 0.15) is 25.7 Å². The number of aromatic nitrogens is 1. The van der Waals surface area contributed by atoms with Crippen LogP contribution in [-0.2, 0) is 0 Å². The highest BCUT2D eigenvalue weighted by Gasteiger charge is 2.19. The summed E-state index contributed by atoms with van der Waals surface area (Å²) in [5, 5.41) is 14.1. The van der Waals surface area contributed by atoms with E-state index in [1.807, 2.05) is 24.3 Å². The number of nitrogens with two attached hydrogens (primary N) is 1. The number of aliphatic hydroxyl groups excluding tert-OH is 1. The molecule has 0 aliphatic heterocycles. The highest BCUT2D eigenvalue weighted by molar-refractivity contribution is 5.98. The van der Waals surface area contributed by atoms with Crippen LogP contribution in [0.4, 0.5) is 11.4 Å². The van der Waals surface area contributed by atoms with Crippen LogP contribution in [0, 0.1) is 0 Å². The number of rotatable bonds is 2. The van der Waals surface area contributed by atoms with Crippen LogP contribution >= 0.6 is 0 Å². The Morgan fingerprint density at radius 3 is 2.74 bits per heavy atom. The minimum absolute atomic E-state index is 0.126. The maximum atomic E-state index is 9.54. The predicted molar refractivity (Wildman–Crippen MR) is 78.0 cm³/mol. The van der Waals surface area contributed by atoms with Crippen molar-refractivity contribution in [3.05, 3.63) is 30.5 Å². The van der Waals surface area contributed by atoms with Crippen molar-refractivity contribution in [2.45, 2.75) is 37.8 Å². The summed E-state index contributed by atoms with van der Waals surface area (Å²) < 4.78 is 0. The fraction of sp³-hybridized carbons (Fsp3) is 0.400. The van der Waals surface area contributed by atoms with E-state index in [1.54, 1.807) is 6.20 Å². The lowest BCUT2D eigenvalue weighted by Gasteiger charge is -2.27. The minimum Gasteiger partial charge on any atom is -0.398 e. The maximum absolute atomic E-state index is 9.54. The zero-order chi connectivity index (χ0) is 13.2. The van der Waals surface area contributed by atoms with Crippen LogP contribution in [0.2, 0.25) is 0 Å². The van der Waals surface area contributed by atoms with E-state index < -0.39 is 0 Å². The number of nitrogens with one attached hydrogen (secondary N) is 1. The van der Waals surface area contributed by atoms with Crippen LogP contribution in [0.3, 0.4) is 0 Å². The summed E-state index contributed by atoms with van der Waals surface area (Å²) in [5.74, 6) is 0. The molecule has 1 fully saturated rings. The molecule has 1 aliphatic rings. The van der Waals surface area contributed by atoms with Gasteiger partial charge in [0.05, 0.1) is 17.3 Å². The van der Waals surface area contributed by atoms with Gasteiger partial charge in [-0.05, 0) is 49.9 Å². The monoisotopic (exact) mass is 257 g/mol. The summed E-state index contributed by atoms with van der Waals surface area (Å²) in [4.78, 5) is 4.43. The van der Waals surface area contributed by atoms with Crippen LogP contribution in [0.25, 0.3) is 10.9 Å². The van der Waals surface area contributed by atoms with E-state index in [0.717, 1.165) is 48.0 Å². The van der Waals surface area contributed by atoms with Crippen molar-refractivity contribution in [2.24, 2.45) is 0 Å². The first-order chi connectivity index (χ1) is 9.24. The number of pyridine rings is 1. The fourth-order valence-electron chi connectivity index (χ4n) is 2.75. The highest BCUT2D eigenvalue weighted by Crippen LogP contribution is 2.29. The van der Waals surface area contributed by atoms with Gasteiger partial charge >= 0.3 is 0 Å². The van der Waals surface area contributed by atoms with E-state index in [0.29, 0.717) is 6.04 Å². The van der Waals surface area contributed by atoms with Gasteiger partial charge in [-0.3, -0.25) is 4.98 Å². The number of nitrogens with zero attached hydrogens (tertiary/aromatic N) is 1. The van der Waals surface area contributed by atoms with Crippen molar-refractivity contribution >= 4 is 22.3 Å². The molecule has 1 aromatic heterocycles. The van der Waals surface area contributed by atoms with Gasteiger partial charge in [0.2, 0.25) is 0 Å². The normalized spacial score (nSPS) is 23.4. The van der Waals surface area contributed by atoms with Gasteiger partial charge in [0.15, 0.2) is 0 Å². The van der Waals surface area contributed by atoms with Gasteiger partial charge in [-0.15, -0.1) is 0 Å². The molecule has 0 spiro atoms. The Balaban J connectivity index is 1.87. The molecule has 1 heterocycles. The third-order valence-electron chi connectivity index (χ3n) is 3.86. The molecule has 4 N–H and O–H groups in total. The second-order valence-electron chi connectivity index (χ2n) is 5.25. The molecule has 1 saturated carbocycles. The maximum Gasteiger partial charge on any atom is 0.0953 e. The lowest BCUT2D eigenvalue weighted by atomic mass is 9.93. The minimum atomic E-state index is -0.126. The fourth-order valence-corrected chi connectivity index (χ4v) is 2.75. The summed E-state index contributed by atoms with van der Waals surface area (Å²) in [6.45, 7) is 0. The first-order valence-corrected chi connectivity index (χ1v) is 6.82. The van der Waals surface area contributed by atoms with Crippen LogP contribution in [0.5, 0.6) is 0 Å². The van der Waals surface area contributed by atoms with Crippen molar-refractivity contribution in [3.8, 4) is 0 Å². The molecule has 0 unspecified atom stereocenters. The Bertz CT molecular complexity index is 577. The van der Waals surface area contributed by atoms with Gasteiger partial charge in [0, 0.05) is 23.3 Å². The Hall–Kier alpha value is -1.81. The van der Waals surface area contributed by atoms with Crippen LogP contribution in [-0.4, -0.2) is 22.2 Å². The molecule has 1 aliphatic carbocycles. The third-order valence-corrected chi connectivity index (χ3v) is 3.86. The van der Waals surface area contributed by atoms with Gasteiger partial charge in [0.25, 0.3) is 0 Å². The van der Waals surface area contributed by atoms with Crippen molar-refractivity contribution in [2.75, 3.05) is 11.1 Å². The summed E-state index contributed by atoms with van der Waals surface area (Å²) in [6, 6.07) is 8.23. The zero-order valence-corrected chi connectivity index (χ0v) is 10.8. The summed E-state index contributed by atoms with van der Waals surface area (Å²) in [7, 11) is 0. The lowest BCUT2D eigenvalue weighted by Crippen LogP contribution is -2.28. The highest BCUT2D eigenvalue weighted by atomic mass is 16.3. The van der Waals surface area contributed by atoms with Crippen molar-refractivity contribution in [3.63, 3.8) is 0 Å². The molecule has 4 heteroatoms. The molecule has 2 aromatic rings. The number of nitrogen functional groups attached to an aromatic ring is 1. The molecular formula is C15H19N3O. The molecule has 19 heavy (non-hydrogen) atoms. The number of hydrogen-bond acceptors (Lipinski definition) is 4. The SMILES string of the molecule is Nc1ccc(NC2CCC(O)CC2)c2ncccc12. The Kier molecular flexibility index (Phi) is 3.25.